The molecule has 5 nitrogen and oxygen atoms in total. The van der Waals surface area contributed by atoms with Crippen LogP contribution in [0.25, 0.3) is 0 Å². The average Bonchev–Trinajstić information content (AvgIpc) is 3.18. The Morgan fingerprint density at radius 3 is 2.73 bits per heavy atom. The molecule has 2 heterocycles. The van der Waals surface area contributed by atoms with Crippen LogP contribution < -0.4 is 25.2 Å². The lowest BCUT2D eigenvalue weighted by Crippen LogP contribution is -3.27. The van der Waals surface area contributed by atoms with Gasteiger partial charge >= 0.3 is 0 Å². The Hall–Kier alpha value is -1.67. The first kappa shape index (κ1) is 19.1. The number of hydrogen-bond acceptors (Lipinski definition) is 3. The zero-order valence-corrected chi connectivity index (χ0v) is 17.0. The molecule has 26 heavy (non-hydrogen) atoms. The van der Waals surface area contributed by atoms with E-state index < -0.39 is 0 Å². The number of piperazine rings is 1. The van der Waals surface area contributed by atoms with Crippen molar-refractivity contribution in [3.05, 3.63) is 46.7 Å². The molecule has 1 aliphatic rings. The summed E-state index contributed by atoms with van der Waals surface area (Å²) >= 11 is 7.35. The number of rotatable bonds is 6. The fraction of sp³-hybridized carbons (Fsp3) is 0.421. The summed E-state index contributed by atoms with van der Waals surface area (Å²) in [5.74, 6) is 0.818. The maximum absolute atomic E-state index is 5.51. The lowest BCUT2D eigenvalue weighted by Gasteiger charge is -2.33. The quantitative estimate of drug-likeness (QED) is 0.530. The number of likely N-dealkylation sites (N-methyl/N-ethyl adjacent to an activating group) is 1. The van der Waals surface area contributed by atoms with E-state index in [1.54, 1.807) is 16.9 Å². The molecule has 1 atom stereocenters. The van der Waals surface area contributed by atoms with E-state index in [1.165, 1.54) is 31.1 Å². The number of quaternary nitrogens is 2. The van der Waals surface area contributed by atoms with Gasteiger partial charge in [-0.1, -0.05) is 12.1 Å². The minimum Gasteiger partial charge on any atom is -0.497 e. The number of benzene rings is 1. The van der Waals surface area contributed by atoms with Gasteiger partial charge in [0.1, 0.15) is 38.0 Å². The molecule has 4 N–H and O–H groups in total. The fourth-order valence-corrected chi connectivity index (χ4v) is 4.44. The van der Waals surface area contributed by atoms with Crippen LogP contribution in [0.5, 0.6) is 5.75 Å². The van der Waals surface area contributed by atoms with Crippen LogP contribution >= 0.6 is 23.6 Å². The van der Waals surface area contributed by atoms with Crippen molar-refractivity contribution in [2.45, 2.75) is 6.04 Å². The third kappa shape index (κ3) is 5.17. The van der Waals surface area contributed by atoms with Crippen LogP contribution in [-0.2, 0) is 0 Å². The molecule has 3 rings (SSSR count). The van der Waals surface area contributed by atoms with E-state index in [0.717, 1.165) is 18.0 Å². The third-order valence-electron chi connectivity index (χ3n) is 4.92. The van der Waals surface area contributed by atoms with Crippen molar-refractivity contribution in [2.24, 2.45) is 0 Å². The van der Waals surface area contributed by atoms with Crippen molar-refractivity contribution >= 4 is 34.4 Å². The summed E-state index contributed by atoms with van der Waals surface area (Å²) in [6.45, 7) is 5.69. The molecule has 140 valence electrons. The molecule has 0 unspecified atom stereocenters. The molecule has 2 aromatic rings. The Morgan fingerprint density at radius 2 is 2.04 bits per heavy atom. The highest BCUT2D eigenvalue weighted by molar-refractivity contribution is 7.80. The summed E-state index contributed by atoms with van der Waals surface area (Å²) in [5, 5.41) is 9.50. The van der Waals surface area contributed by atoms with E-state index in [-0.39, 0.29) is 0 Å². The van der Waals surface area contributed by atoms with Crippen LogP contribution in [0.3, 0.4) is 0 Å². The average molecular weight is 393 g/mol. The largest absolute Gasteiger partial charge is 0.497 e. The van der Waals surface area contributed by atoms with E-state index in [1.807, 2.05) is 35.6 Å². The minimum absolute atomic E-state index is 0.438. The Kier molecular flexibility index (Phi) is 6.85. The molecule has 0 saturated carbocycles. The number of ether oxygens (including phenoxy) is 1. The molecule has 0 amide bonds. The zero-order valence-electron chi connectivity index (χ0n) is 15.4. The topological polar surface area (TPSA) is 42.2 Å². The Balaban J connectivity index is 1.59. The van der Waals surface area contributed by atoms with Gasteiger partial charge in [-0.3, -0.25) is 0 Å². The predicted octanol–water partition coefficient (Wildman–Crippen LogP) is 0.198. The van der Waals surface area contributed by atoms with Gasteiger partial charge in [0.15, 0.2) is 5.11 Å². The molecule has 1 aromatic carbocycles. The number of hydrogen-bond donors (Lipinski definition) is 4. The van der Waals surface area contributed by atoms with E-state index in [9.17, 15) is 0 Å². The van der Waals surface area contributed by atoms with Gasteiger partial charge in [0, 0.05) is 11.8 Å². The highest BCUT2D eigenvalue weighted by atomic mass is 32.1. The van der Waals surface area contributed by atoms with Crippen molar-refractivity contribution in [3.8, 4) is 5.75 Å². The van der Waals surface area contributed by atoms with Crippen LogP contribution in [-0.4, -0.2) is 52.0 Å². The van der Waals surface area contributed by atoms with E-state index >= 15 is 0 Å². The van der Waals surface area contributed by atoms with Crippen molar-refractivity contribution in [1.82, 2.24) is 5.32 Å². The molecule has 0 aliphatic carbocycles. The first-order valence-electron chi connectivity index (χ1n) is 9.04. The summed E-state index contributed by atoms with van der Waals surface area (Å²) in [4.78, 5) is 4.70. The van der Waals surface area contributed by atoms with Gasteiger partial charge in [0.05, 0.1) is 25.6 Å². The Labute approximate surface area is 164 Å². The van der Waals surface area contributed by atoms with Crippen LogP contribution in [0.2, 0.25) is 0 Å². The molecule has 1 fully saturated rings. The zero-order chi connectivity index (χ0) is 18.4. The van der Waals surface area contributed by atoms with Crippen molar-refractivity contribution < 1.29 is 14.5 Å². The molecule has 0 radical (unpaired) electrons. The summed E-state index contributed by atoms with van der Waals surface area (Å²) in [6.07, 6.45) is 0. The number of thiocarbonyl (C=S) groups is 1. The molecule has 1 aliphatic heterocycles. The second kappa shape index (κ2) is 9.32. The Bertz CT molecular complexity index is 699. The van der Waals surface area contributed by atoms with Crippen molar-refractivity contribution in [3.63, 3.8) is 0 Å². The van der Waals surface area contributed by atoms with Crippen LogP contribution in [0.15, 0.2) is 41.8 Å². The first-order chi connectivity index (χ1) is 12.7. The highest BCUT2D eigenvalue weighted by Gasteiger charge is 2.29. The van der Waals surface area contributed by atoms with Gasteiger partial charge in [0.2, 0.25) is 0 Å². The fourth-order valence-electron chi connectivity index (χ4n) is 3.35. The maximum Gasteiger partial charge on any atom is 0.171 e. The minimum atomic E-state index is 0.438. The molecular formula is C19H28N4OS2+2. The van der Waals surface area contributed by atoms with Crippen molar-refractivity contribution in [2.75, 3.05) is 52.2 Å². The highest BCUT2D eigenvalue weighted by Crippen LogP contribution is 2.17. The lowest BCUT2D eigenvalue weighted by atomic mass is 10.1. The summed E-state index contributed by atoms with van der Waals surface area (Å²) in [5.41, 5.74) is 0.935. The van der Waals surface area contributed by atoms with Gasteiger partial charge in [-0.15, -0.1) is 11.3 Å². The summed E-state index contributed by atoms with van der Waals surface area (Å²) in [6, 6.07) is 12.6. The number of anilines is 1. The van der Waals surface area contributed by atoms with E-state index in [0.29, 0.717) is 11.2 Å². The lowest BCUT2D eigenvalue weighted by molar-refractivity contribution is -1.02. The molecular weight excluding hydrogens is 364 g/mol. The first-order valence-corrected chi connectivity index (χ1v) is 10.3. The Morgan fingerprint density at radius 1 is 1.23 bits per heavy atom. The molecule has 7 heteroatoms. The van der Waals surface area contributed by atoms with Crippen LogP contribution in [0, 0.1) is 0 Å². The van der Waals surface area contributed by atoms with E-state index in [2.05, 4.69) is 35.2 Å². The van der Waals surface area contributed by atoms with E-state index in [4.69, 9.17) is 17.0 Å². The number of thiophene rings is 1. The van der Waals surface area contributed by atoms with Crippen LogP contribution in [0.1, 0.15) is 10.9 Å². The van der Waals surface area contributed by atoms with Gasteiger partial charge in [-0.2, -0.15) is 0 Å². The van der Waals surface area contributed by atoms with Crippen LogP contribution in [0.4, 0.5) is 5.69 Å². The maximum atomic E-state index is 5.51. The van der Waals surface area contributed by atoms with Crippen molar-refractivity contribution in [1.29, 1.82) is 0 Å². The second-order valence-electron chi connectivity index (χ2n) is 6.75. The number of nitrogens with one attached hydrogen (secondary N) is 4. The molecule has 0 bridgehead atoms. The number of methoxy groups -OCH3 is 1. The van der Waals surface area contributed by atoms with Gasteiger partial charge in [-0.05, 0) is 35.8 Å². The standard InChI is InChI=1S/C19H26N4OS2/c1-22-8-10-23(11-9-22)17(18-7-4-12-26-18)14-20-19(25)21-15-5-3-6-16(13-15)24-2/h3-7,12-13,17H,8-11,14H2,1-2H3,(H2,20,21,25)/p+2/t17-/m0/s1. The summed E-state index contributed by atoms with van der Waals surface area (Å²) in [7, 11) is 3.95. The molecule has 1 aromatic heterocycles. The third-order valence-corrected chi connectivity index (χ3v) is 6.15. The van der Waals surface area contributed by atoms with Gasteiger partial charge in [-0.25, -0.2) is 0 Å². The second-order valence-corrected chi connectivity index (χ2v) is 8.14. The van der Waals surface area contributed by atoms with Gasteiger partial charge in [0.25, 0.3) is 0 Å². The summed E-state index contributed by atoms with van der Waals surface area (Å²) < 4.78 is 5.26. The normalized spacial score (nSPS) is 21.0. The predicted molar refractivity (Wildman–Crippen MR) is 112 cm³/mol. The molecule has 0 spiro atoms. The SMILES string of the molecule is COc1cccc(NC(=S)NC[C@@H](c2cccs2)[NH+]2CC[NH+](C)CC2)c1. The van der Waals surface area contributed by atoms with Gasteiger partial charge < -0.3 is 25.2 Å². The smallest absolute Gasteiger partial charge is 0.171 e. The molecule has 1 saturated heterocycles. The monoisotopic (exact) mass is 392 g/mol.